The van der Waals surface area contributed by atoms with Crippen molar-refractivity contribution in [2.24, 2.45) is 0 Å². The molecule has 2 aromatic rings. The second-order valence-electron chi connectivity index (χ2n) is 4.29. The number of esters is 1. The van der Waals surface area contributed by atoms with Crippen molar-refractivity contribution < 1.29 is 9.53 Å². The predicted molar refractivity (Wildman–Crippen MR) is 71.8 cm³/mol. The zero-order valence-electron chi connectivity index (χ0n) is 10.6. The molecule has 0 amide bonds. The van der Waals surface area contributed by atoms with Crippen molar-refractivity contribution >= 4 is 17.0 Å². The minimum Gasteiger partial charge on any atom is -0.460 e. The Balaban J connectivity index is 2.29. The van der Waals surface area contributed by atoms with E-state index in [-0.39, 0.29) is 18.7 Å². The van der Waals surface area contributed by atoms with Crippen molar-refractivity contribution in [3.8, 4) is 0 Å². The summed E-state index contributed by atoms with van der Waals surface area (Å²) in [4.78, 5) is 27.5. The topological polar surface area (TPSA) is 61.2 Å². The van der Waals surface area contributed by atoms with Gasteiger partial charge in [-0.15, -0.1) is 0 Å². The summed E-state index contributed by atoms with van der Waals surface area (Å²) in [5.74, 6) is -0.471. The van der Waals surface area contributed by atoms with E-state index in [9.17, 15) is 9.59 Å². The van der Waals surface area contributed by atoms with Gasteiger partial charge in [-0.3, -0.25) is 14.2 Å². The first-order valence-corrected chi connectivity index (χ1v) is 5.82. The van der Waals surface area contributed by atoms with Crippen LogP contribution in [0, 0.1) is 0 Å². The predicted octanol–water partition coefficient (Wildman–Crippen LogP) is 1.52. The van der Waals surface area contributed by atoms with Gasteiger partial charge in [0.2, 0.25) is 0 Å². The Morgan fingerprint density at radius 3 is 2.89 bits per heavy atom. The fourth-order valence-corrected chi connectivity index (χ4v) is 1.66. The average Bonchev–Trinajstić information content (AvgIpc) is 2.40. The molecular weight excluding hydrogens is 244 g/mol. The van der Waals surface area contributed by atoms with Crippen LogP contribution in [0.1, 0.15) is 6.92 Å². The number of carbonyl (C=O) groups is 1. The van der Waals surface area contributed by atoms with Gasteiger partial charge in [-0.1, -0.05) is 18.7 Å². The molecule has 19 heavy (non-hydrogen) atoms. The van der Waals surface area contributed by atoms with E-state index in [0.29, 0.717) is 11.0 Å². The van der Waals surface area contributed by atoms with Crippen LogP contribution in [0.4, 0.5) is 0 Å². The van der Waals surface area contributed by atoms with E-state index in [0.717, 1.165) is 5.57 Å². The van der Waals surface area contributed by atoms with E-state index < -0.39 is 5.97 Å². The summed E-state index contributed by atoms with van der Waals surface area (Å²) in [7, 11) is 0. The second-order valence-corrected chi connectivity index (χ2v) is 4.29. The van der Waals surface area contributed by atoms with E-state index in [2.05, 4.69) is 11.6 Å². The van der Waals surface area contributed by atoms with E-state index in [4.69, 9.17) is 4.74 Å². The lowest BCUT2D eigenvalue weighted by molar-refractivity contribution is -0.143. The minimum atomic E-state index is -0.471. The molecule has 98 valence electrons. The zero-order valence-corrected chi connectivity index (χ0v) is 10.6. The SMILES string of the molecule is C=C(C)COC(=O)Cn1c(=O)cnc2ccccc21. The standard InChI is InChI=1S/C14H14N2O3/c1-10(2)9-19-14(18)8-16-12-6-4-3-5-11(12)15-7-13(16)17/h3-7H,1,8-9H2,2H3. The van der Waals surface area contributed by atoms with Gasteiger partial charge in [0.05, 0.1) is 17.2 Å². The van der Waals surface area contributed by atoms with E-state index in [1.807, 2.05) is 6.07 Å². The number of ether oxygens (including phenoxy) is 1. The Kier molecular flexibility index (Phi) is 3.75. The fraction of sp³-hybridized carbons (Fsp3) is 0.214. The molecule has 0 aliphatic carbocycles. The molecule has 0 aliphatic rings. The molecule has 0 N–H and O–H groups in total. The molecule has 0 aliphatic heterocycles. The lowest BCUT2D eigenvalue weighted by Crippen LogP contribution is -2.26. The summed E-state index contributed by atoms with van der Waals surface area (Å²) in [5, 5.41) is 0. The van der Waals surface area contributed by atoms with Crippen molar-refractivity contribution in [3.05, 3.63) is 53.0 Å². The van der Waals surface area contributed by atoms with Gasteiger partial charge >= 0.3 is 5.97 Å². The van der Waals surface area contributed by atoms with E-state index in [1.54, 1.807) is 25.1 Å². The highest BCUT2D eigenvalue weighted by atomic mass is 16.5. The first-order valence-electron chi connectivity index (χ1n) is 5.82. The molecule has 5 nitrogen and oxygen atoms in total. The third kappa shape index (κ3) is 3.07. The molecule has 1 heterocycles. The number of hydrogen-bond acceptors (Lipinski definition) is 4. The third-order valence-electron chi connectivity index (χ3n) is 2.52. The maximum absolute atomic E-state index is 11.8. The largest absolute Gasteiger partial charge is 0.460 e. The average molecular weight is 258 g/mol. The van der Waals surface area contributed by atoms with Gasteiger partial charge in [0, 0.05) is 0 Å². The minimum absolute atomic E-state index is 0.130. The molecule has 0 atom stereocenters. The van der Waals surface area contributed by atoms with Crippen LogP contribution >= 0.6 is 0 Å². The summed E-state index contributed by atoms with van der Waals surface area (Å²) in [5.41, 5.74) is 1.70. The summed E-state index contributed by atoms with van der Waals surface area (Å²) >= 11 is 0. The normalized spacial score (nSPS) is 10.4. The molecular formula is C14H14N2O3. The van der Waals surface area contributed by atoms with Crippen LogP contribution in [0.25, 0.3) is 11.0 Å². The number of carbonyl (C=O) groups excluding carboxylic acids is 1. The summed E-state index contributed by atoms with van der Waals surface area (Å²) < 4.78 is 6.34. The van der Waals surface area contributed by atoms with Crippen LogP contribution in [0.3, 0.4) is 0 Å². The molecule has 0 spiro atoms. The van der Waals surface area contributed by atoms with Crippen LogP contribution in [-0.2, 0) is 16.1 Å². The van der Waals surface area contributed by atoms with Gasteiger partial charge in [-0.05, 0) is 24.6 Å². The number of fused-ring (bicyclic) bond motifs is 1. The summed E-state index contributed by atoms with van der Waals surface area (Å²) in [6, 6.07) is 7.14. The van der Waals surface area contributed by atoms with Gasteiger partial charge in [0.1, 0.15) is 13.2 Å². The molecule has 2 rings (SSSR count). The molecule has 0 fully saturated rings. The smallest absolute Gasteiger partial charge is 0.326 e. The Morgan fingerprint density at radius 1 is 1.42 bits per heavy atom. The fourth-order valence-electron chi connectivity index (χ4n) is 1.66. The van der Waals surface area contributed by atoms with Crippen molar-refractivity contribution in [2.45, 2.75) is 13.5 Å². The number of para-hydroxylation sites is 2. The van der Waals surface area contributed by atoms with Gasteiger partial charge < -0.3 is 4.74 Å². The van der Waals surface area contributed by atoms with Crippen LogP contribution in [0.5, 0.6) is 0 Å². The summed E-state index contributed by atoms with van der Waals surface area (Å²) in [6.07, 6.45) is 1.20. The van der Waals surface area contributed by atoms with Gasteiger partial charge in [0.25, 0.3) is 5.56 Å². The molecule has 5 heteroatoms. The number of nitrogens with zero attached hydrogens (tertiary/aromatic N) is 2. The molecule has 0 saturated heterocycles. The number of rotatable bonds is 4. The van der Waals surface area contributed by atoms with Gasteiger partial charge in [0.15, 0.2) is 0 Å². The highest BCUT2D eigenvalue weighted by molar-refractivity contribution is 5.77. The van der Waals surface area contributed by atoms with Crippen LogP contribution in [0.15, 0.2) is 47.4 Å². The Hall–Kier alpha value is -2.43. The first-order chi connectivity index (χ1) is 9.08. The third-order valence-corrected chi connectivity index (χ3v) is 2.52. The maximum Gasteiger partial charge on any atom is 0.326 e. The molecule has 1 aromatic heterocycles. The van der Waals surface area contributed by atoms with Crippen LogP contribution < -0.4 is 5.56 Å². The van der Waals surface area contributed by atoms with Crippen molar-refractivity contribution in [3.63, 3.8) is 0 Å². The van der Waals surface area contributed by atoms with Gasteiger partial charge in [-0.2, -0.15) is 0 Å². The first kappa shape index (κ1) is 13.0. The van der Waals surface area contributed by atoms with Crippen molar-refractivity contribution in [2.75, 3.05) is 6.61 Å². The molecule has 1 aromatic carbocycles. The van der Waals surface area contributed by atoms with E-state index >= 15 is 0 Å². The molecule has 0 unspecified atom stereocenters. The highest BCUT2D eigenvalue weighted by Crippen LogP contribution is 2.08. The zero-order chi connectivity index (χ0) is 13.8. The number of aromatic nitrogens is 2. The van der Waals surface area contributed by atoms with Gasteiger partial charge in [-0.25, -0.2) is 4.98 Å². The molecule has 0 bridgehead atoms. The Labute approximate surface area is 110 Å². The van der Waals surface area contributed by atoms with Crippen molar-refractivity contribution in [1.82, 2.24) is 9.55 Å². The van der Waals surface area contributed by atoms with Crippen molar-refractivity contribution in [1.29, 1.82) is 0 Å². The second kappa shape index (κ2) is 5.48. The number of benzene rings is 1. The van der Waals surface area contributed by atoms with Crippen LogP contribution in [-0.4, -0.2) is 22.1 Å². The lowest BCUT2D eigenvalue weighted by atomic mass is 10.3. The Bertz CT molecular complexity index is 688. The summed E-state index contributed by atoms with van der Waals surface area (Å²) in [6.45, 7) is 5.44. The van der Waals surface area contributed by atoms with E-state index in [1.165, 1.54) is 10.8 Å². The lowest BCUT2D eigenvalue weighted by Gasteiger charge is -2.09. The highest BCUT2D eigenvalue weighted by Gasteiger charge is 2.09. The molecule has 0 saturated carbocycles. The number of hydrogen-bond donors (Lipinski definition) is 0. The molecule has 0 radical (unpaired) electrons. The monoisotopic (exact) mass is 258 g/mol. The quantitative estimate of drug-likeness (QED) is 0.616. The van der Waals surface area contributed by atoms with Crippen LogP contribution in [0.2, 0.25) is 0 Å². The maximum atomic E-state index is 11.8. The Morgan fingerprint density at radius 2 is 2.16 bits per heavy atom.